The number of carboxylic acids is 1. The molecule has 2 unspecified atom stereocenters. The van der Waals surface area contributed by atoms with Crippen LogP contribution in [0.5, 0.6) is 0 Å². The Bertz CT molecular complexity index is 774. The van der Waals surface area contributed by atoms with Crippen LogP contribution in [0.4, 0.5) is 0 Å². The van der Waals surface area contributed by atoms with Gasteiger partial charge in [0.15, 0.2) is 5.82 Å². The van der Waals surface area contributed by atoms with Gasteiger partial charge >= 0.3 is 5.97 Å². The van der Waals surface area contributed by atoms with Gasteiger partial charge in [0.05, 0.1) is 12.5 Å². The summed E-state index contributed by atoms with van der Waals surface area (Å²) in [5.41, 5.74) is 0.980. The number of carboxylic acid groups (broad SMARTS) is 1. The molecule has 0 amide bonds. The third-order valence-corrected chi connectivity index (χ3v) is 5.99. The summed E-state index contributed by atoms with van der Waals surface area (Å²) in [6, 6.07) is 7.18. The van der Waals surface area contributed by atoms with Gasteiger partial charge in [0, 0.05) is 17.6 Å². The van der Waals surface area contributed by atoms with Gasteiger partial charge in [0.2, 0.25) is 0 Å². The van der Waals surface area contributed by atoms with Gasteiger partial charge in [-0.1, -0.05) is 56.3 Å². The highest BCUT2D eigenvalue weighted by Gasteiger charge is 2.31. The molecule has 0 spiro atoms. The number of carbonyl (C=O) groups is 1. The van der Waals surface area contributed by atoms with Gasteiger partial charge in [-0.2, -0.15) is 0 Å². The molecule has 2 N–H and O–H groups in total. The Labute approximate surface area is 176 Å². The van der Waals surface area contributed by atoms with Crippen molar-refractivity contribution >= 4 is 17.6 Å². The summed E-state index contributed by atoms with van der Waals surface area (Å²) in [6.07, 6.45) is 7.76. The van der Waals surface area contributed by atoms with Gasteiger partial charge < -0.3 is 5.11 Å². The third-order valence-electron chi connectivity index (χ3n) is 5.74. The van der Waals surface area contributed by atoms with Crippen molar-refractivity contribution in [2.75, 3.05) is 0 Å². The van der Waals surface area contributed by atoms with E-state index < -0.39 is 5.97 Å². The van der Waals surface area contributed by atoms with Crippen LogP contribution in [-0.2, 0) is 11.3 Å². The van der Waals surface area contributed by atoms with E-state index in [1.807, 2.05) is 28.9 Å². The van der Waals surface area contributed by atoms with E-state index in [2.05, 4.69) is 27.8 Å². The zero-order chi connectivity index (χ0) is 20.6. The molecule has 1 heterocycles. The number of aryl methyl sites for hydroxylation is 1. The van der Waals surface area contributed by atoms with Gasteiger partial charge in [0.1, 0.15) is 0 Å². The van der Waals surface area contributed by atoms with Crippen molar-refractivity contribution in [1.82, 2.24) is 25.5 Å². The van der Waals surface area contributed by atoms with Crippen LogP contribution in [0.3, 0.4) is 0 Å². The van der Waals surface area contributed by atoms with Crippen LogP contribution in [0.15, 0.2) is 24.3 Å². The largest absolute Gasteiger partial charge is 0.481 e. The number of tetrazole rings is 1. The van der Waals surface area contributed by atoms with Crippen LogP contribution in [0.1, 0.15) is 75.7 Å². The molecule has 1 aromatic carbocycles. The molecule has 7 nitrogen and oxygen atoms in total. The average molecular weight is 420 g/mol. The first-order valence-corrected chi connectivity index (χ1v) is 11.0. The van der Waals surface area contributed by atoms with E-state index in [0.717, 1.165) is 50.6 Å². The van der Waals surface area contributed by atoms with E-state index >= 15 is 0 Å². The molecule has 1 aliphatic carbocycles. The second-order valence-electron chi connectivity index (χ2n) is 7.87. The zero-order valence-corrected chi connectivity index (χ0v) is 17.7. The fourth-order valence-corrected chi connectivity index (χ4v) is 4.29. The number of unbranched alkanes of at least 4 members (excludes halogenated alkanes) is 1. The lowest BCUT2D eigenvalue weighted by Crippen LogP contribution is -2.42. The van der Waals surface area contributed by atoms with Gasteiger partial charge in [0.25, 0.3) is 0 Å². The summed E-state index contributed by atoms with van der Waals surface area (Å²) in [7, 11) is 0. The topological polar surface area (TPSA) is 92.9 Å². The van der Waals surface area contributed by atoms with Crippen LogP contribution in [0.25, 0.3) is 0 Å². The predicted molar refractivity (Wildman–Crippen MR) is 112 cm³/mol. The van der Waals surface area contributed by atoms with Crippen molar-refractivity contribution in [2.24, 2.45) is 5.92 Å². The van der Waals surface area contributed by atoms with Gasteiger partial charge in [-0.25, -0.2) is 4.68 Å². The molecule has 1 aromatic heterocycles. The van der Waals surface area contributed by atoms with E-state index in [1.54, 1.807) is 0 Å². The van der Waals surface area contributed by atoms with Gasteiger partial charge in [-0.05, 0) is 53.3 Å². The molecule has 2 aromatic rings. The molecule has 3 rings (SSSR count). The Kier molecular flexibility index (Phi) is 8.00. The maximum Gasteiger partial charge on any atom is 0.304 e. The number of hydrogen-bond acceptors (Lipinski definition) is 5. The number of hydrogen-bond donors (Lipinski definition) is 2. The molecule has 1 saturated carbocycles. The smallest absolute Gasteiger partial charge is 0.304 e. The molecule has 0 aliphatic heterocycles. The molecule has 0 saturated heterocycles. The molecule has 1 fully saturated rings. The number of benzene rings is 1. The second-order valence-corrected chi connectivity index (χ2v) is 8.30. The lowest BCUT2D eigenvalue weighted by atomic mass is 9.82. The Morgan fingerprint density at radius 3 is 2.66 bits per heavy atom. The quantitative estimate of drug-likeness (QED) is 0.598. The molecular formula is C21H30ClN5O2. The Hall–Kier alpha value is -1.99. The summed E-state index contributed by atoms with van der Waals surface area (Å²) in [4.78, 5) is 11.6. The first kappa shape index (κ1) is 21.7. The first-order chi connectivity index (χ1) is 14.1. The molecule has 8 heteroatoms. The number of nitrogens with one attached hydrogen (secondary N) is 1. The van der Waals surface area contributed by atoms with E-state index in [0.29, 0.717) is 16.8 Å². The maximum absolute atomic E-state index is 11.6. The Morgan fingerprint density at radius 2 is 2.00 bits per heavy atom. The fourth-order valence-electron chi connectivity index (χ4n) is 4.16. The van der Waals surface area contributed by atoms with Crippen molar-refractivity contribution in [3.8, 4) is 0 Å². The standard InChI is InChI=1S/C21H30ClN5O2/c1-2-3-13-27-21(24-25-26-27)20(16-9-11-17(22)12-10-16)23-18(14-19(28)29)15-7-5-4-6-8-15/h9-12,15,18,20,23H,2-8,13-14H2,1H3,(H,28,29). The Morgan fingerprint density at radius 1 is 1.28 bits per heavy atom. The molecule has 158 valence electrons. The van der Waals surface area contributed by atoms with Crippen LogP contribution in [0, 0.1) is 5.92 Å². The van der Waals surface area contributed by atoms with Crippen molar-refractivity contribution < 1.29 is 9.90 Å². The SMILES string of the molecule is CCCCn1nnnc1C(NC(CC(=O)O)C1CCCCC1)c1ccc(Cl)cc1. The lowest BCUT2D eigenvalue weighted by molar-refractivity contribution is -0.138. The van der Waals surface area contributed by atoms with Crippen LogP contribution >= 0.6 is 11.6 Å². The Balaban J connectivity index is 1.91. The summed E-state index contributed by atoms with van der Waals surface area (Å²) < 4.78 is 1.83. The highest BCUT2D eigenvalue weighted by molar-refractivity contribution is 6.30. The van der Waals surface area contributed by atoms with Crippen molar-refractivity contribution in [3.63, 3.8) is 0 Å². The van der Waals surface area contributed by atoms with Crippen LogP contribution < -0.4 is 5.32 Å². The minimum absolute atomic E-state index is 0.0886. The van der Waals surface area contributed by atoms with Crippen molar-refractivity contribution in [1.29, 1.82) is 0 Å². The zero-order valence-electron chi connectivity index (χ0n) is 16.9. The molecule has 0 radical (unpaired) electrons. The van der Waals surface area contributed by atoms with Crippen LogP contribution in [-0.4, -0.2) is 37.3 Å². The number of halogens is 1. The average Bonchev–Trinajstić information content (AvgIpc) is 3.19. The predicted octanol–water partition coefficient (Wildman–Crippen LogP) is 4.23. The van der Waals surface area contributed by atoms with Crippen molar-refractivity contribution in [3.05, 3.63) is 40.7 Å². The van der Waals surface area contributed by atoms with Crippen molar-refractivity contribution in [2.45, 2.75) is 76.9 Å². The van der Waals surface area contributed by atoms with E-state index in [1.165, 1.54) is 6.42 Å². The number of aromatic nitrogens is 4. The second kappa shape index (κ2) is 10.7. The maximum atomic E-state index is 11.6. The lowest BCUT2D eigenvalue weighted by Gasteiger charge is -2.33. The van der Waals surface area contributed by atoms with E-state index in [9.17, 15) is 9.90 Å². The molecule has 1 aliphatic rings. The van der Waals surface area contributed by atoms with E-state index in [-0.39, 0.29) is 18.5 Å². The molecule has 0 bridgehead atoms. The highest BCUT2D eigenvalue weighted by Crippen LogP contribution is 2.31. The summed E-state index contributed by atoms with van der Waals surface area (Å²) in [5, 5.41) is 26.2. The minimum Gasteiger partial charge on any atom is -0.481 e. The van der Waals surface area contributed by atoms with Gasteiger partial charge in [-0.3, -0.25) is 10.1 Å². The molecule has 29 heavy (non-hydrogen) atoms. The molecule has 2 atom stereocenters. The van der Waals surface area contributed by atoms with Crippen LogP contribution in [0.2, 0.25) is 5.02 Å². The number of nitrogens with zero attached hydrogens (tertiary/aromatic N) is 4. The highest BCUT2D eigenvalue weighted by atomic mass is 35.5. The number of rotatable bonds is 10. The minimum atomic E-state index is -0.784. The summed E-state index contributed by atoms with van der Waals surface area (Å²) in [5.74, 6) is 0.273. The number of aliphatic carboxylic acids is 1. The van der Waals surface area contributed by atoms with Gasteiger partial charge in [-0.15, -0.1) is 5.10 Å². The summed E-state index contributed by atoms with van der Waals surface area (Å²) >= 11 is 6.09. The fraction of sp³-hybridized carbons (Fsp3) is 0.619. The third kappa shape index (κ3) is 6.00. The first-order valence-electron chi connectivity index (χ1n) is 10.6. The summed E-state index contributed by atoms with van der Waals surface area (Å²) in [6.45, 7) is 2.86. The molecular weight excluding hydrogens is 390 g/mol. The monoisotopic (exact) mass is 419 g/mol. The van der Waals surface area contributed by atoms with E-state index in [4.69, 9.17) is 11.6 Å². The normalized spacial score (nSPS) is 17.2.